The second-order valence-electron chi connectivity index (χ2n) is 3.44. The van der Waals surface area contributed by atoms with Gasteiger partial charge in [-0.15, -0.1) is 0 Å². The van der Waals surface area contributed by atoms with Gasteiger partial charge in [-0.05, 0) is 5.21 Å². The third-order valence-electron chi connectivity index (χ3n) is 2.10. The molecule has 19 heavy (non-hydrogen) atoms. The Balaban J connectivity index is 1.93. The molecule has 2 amide bonds. The predicted octanol–water partition coefficient (Wildman–Crippen LogP) is -0.526. The Labute approximate surface area is 110 Å². The lowest BCUT2D eigenvalue weighted by atomic mass is 10.2. The van der Waals surface area contributed by atoms with E-state index >= 15 is 0 Å². The number of carbonyl (C=O) groups excluding carboxylic acids is 1. The normalized spacial score (nSPS) is 11.8. The Morgan fingerprint density at radius 2 is 2.37 bits per heavy atom. The van der Waals surface area contributed by atoms with Crippen LogP contribution in [0.5, 0.6) is 0 Å². The summed E-state index contributed by atoms with van der Waals surface area (Å²) >= 11 is 0.884. The maximum atomic E-state index is 11.6. The number of aromatic amines is 1. The van der Waals surface area contributed by atoms with Gasteiger partial charge in [0.05, 0.1) is 6.33 Å². The Kier molecular flexibility index (Phi) is 3.97. The van der Waals surface area contributed by atoms with Crippen molar-refractivity contribution in [2.75, 3.05) is 5.32 Å². The van der Waals surface area contributed by atoms with E-state index in [1.165, 1.54) is 12.5 Å². The molecule has 1 atom stereocenters. The number of nitrogens with zero attached hydrogens (tertiary/aromatic N) is 4. The molecule has 2 aromatic rings. The number of anilines is 1. The van der Waals surface area contributed by atoms with Gasteiger partial charge in [0.2, 0.25) is 5.13 Å². The Bertz CT molecular complexity index is 541. The number of carboxylic acids is 1. The average Bonchev–Trinajstić information content (AvgIpc) is 3.00. The van der Waals surface area contributed by atoms with Crippen LogP contribution >= 0.6 is 11.5 Å². The molecule has 0 aliphatic heterocycles. The van der Waals surface area contributed by atoms with Gasteiger partial charge < -0.3 is 15.4 Å². The van der Waals surface area contributed by atoms with Crippen LogP contribution in [0.25, 0.3) is 0 Å². The summed E-state index contributed by atoms with van der Waals surface area (Å²) in [4.78, 5) is 29.1. The number of urea groups is 1. The van der Waals surface area contributed by atoms with Crippen molar-refractivity contribution in [3.8, 4) is 0 Å². The molecule has 0 aromatic carbocycles. The first kappa shape index (κ1) is 12.9. The number of amides is 2. The van der Waals surface area contributed by atoms with Crippen molar-refractivity contribution in [3.63, 3.8) is 0 Å². The van der Waals surface area contributed by atoms with Gasteiger partial charge >= 0.3 is 12.0 Å². The molecular weight excluding hydrogens is 274 g/mol. The molecule has 0 unspecified atom stereocenters. The molecule has 2 rings (SSSR count). The molecular formula is C8H9N7O3S. The molecule has 0 saturated carbocycles. The molecule has 2 aromatic heterocycles. The summed E-state index contributed by atoms with van der Waals surface area (Å²) in [7, 11) is 0. The highest BCUT2D eigenvalue weighted by atomic mass is 32.1. The number of rotatable bonds is 5. The molecule has 0 aliphatic rings. The molecule has 0 radical (unpaired) electrons. The summed E-state index contributed by atoms with van der Waals surface area (Å²) in [5.74, 6) is -1.15. The SMILES string of the molecule is O=C(Nc1nnns1)N[C@H](Cc1cnc[nH]1)C(=O)O. The van der Waals surface area contributed by atoms with Crippen LogP contribution < -0.4 is 10.6 Å². The van der Waals surface area contributed by atoms with Gasteiger partial charge in [-0.2, -0.15) is 0 Å². The molecule has 0 saturated heterocycles. The molecule has 0 fully saturated rings. The quantitative estimate of drug-likeness (QED) is 0.577. The van der Waals surface area contributed by atoms with Crippen LogP contribution in [0, 0.1) is 0 Å². The third-order valence-corrected chi connectivity index (χ3v) is 2.61. The summed E-state index contributed by atoms with van der Waals surface area (Å²) in [6.07, 6.45) is 3.02. The topological polar surface area (TPSA) is 146 Å². The second-order valence-corrected chi connectivity index (χ2v) is 4.17. The minimum absolute atomic E-state index is 0.0944. The smallest absolute Gasteiger partial charge is 0.326 e. The number of carboxylic acid groups (broad SMARTS) is 1. The lowest BCUT2D eigenvalue weighted by molar-refractivity contribution is -0.139. The van der Waals surface area contributed by atoms with Crippen LogP contribution in [0.2, 0.25) is 0 Å². The van der Waals surface area contributed by atoms with E-state index in [1.54, 1.807) is 0 Å². The number of aromatic nitrogens is 5. The van der Waals surface area contributed by atoms with E-state index in [9.17, 15) is 9.59 Å². The monoisotopic (exact) mass is 283 g/mol. The van der Waals surface area contributed by atoms with Crippen molar-refractivity contribution >= 4 is 28.7 Å². The van der Waals surface area contributed by atoms with E-state index in [1.807, 2.05) is 0 Å². The number of H-pyrrole nitrogens is 1. The molecule has 2 heterocycles. The van der Waals surface area contributed by atoms with Gasteiger partial charge in [0, 0.05) is 29.8 Å². The summed E-state index contributed by atoms with van der Waals surface area (Å²) in [6.45, 7) is 0. The highest BCUT2D eigenvalue weighted by molar-refractivity contribution is 7.09. The van der Waals surface area contributed by atoms with Crippen molar-refractivity contribution in [2.45, 2.75) is 12.5 Å². The molecule has 0 spiro atoms. The highest BCUT2D eigenvalue weighted by Gasteiger charge is 2.21. The Morgan fingerprint density at radius 1 is 1.53 bits per heavy atom. The van der Waals surface area contributed by atoms with E-state index in [-0.39, 0.29) is 11.6 Å². The average molecular weight is 283 g/mol. The zero-order valence-corrected chi connectivity index (χ0v) is 10.2. The molecule has 4 N–H and O–H groups in total. The van der Waals surface area contributed by atoms with Crippen molar-refractivity contribution in [1.29, 1.82) is 0 Å². The van der Waals surface area contributed by atoms with E-state index in [4.69, 9.17) is 5.11 Å². The van der Waals surface area contributed by atoms with E-state index < -0.39 is 18.0 Å². The summed E-state index contributed by atoms with van der Waals surface area (Å²) in [5, 5.41) is 20.7. The van der Waals surface area contributed by atoms with Crippen LogP contribution in [0.15, 0.2) is 12.5 Å². The lowest BCUT2D eigenvalue weighted by Crippen LogP contribution is -2.44. The lowest BCUT2D eigenvalue weighted by Gasteiger charge is -2.13. The standard InChI is InChI=1S/C8H9N7O3S/c16-6(17)5(1-4-2-9-3-10-4)11-7(18)12-8-13-14-15-19-8/h2-3,5H,1H2,(H,9,10)(H,16,17)(H2,11,12,13,15,18)/t5-/m1/s1. The second kappa shape index (κ2) is 5.86. The molecule has 0 bridgehead atoms. The molecule has 100 valence electrons. The maximum absolute atomic E-state index is 11.6. The van der Waals surface area contributed by atoms with Crippen LogP contribution in [-0.4, -0.2) is 47.9 Å². The van der Waals surface area contributed by atoms with Gasteiger partial charge in [-0.25, -0.2) is 14.6 Å². The van der Waals surface area contributed by atoms with Gasteiger partial charge in [0.1, 0.15) is 6.04 Å². The fourth-order valence-electron chi connectivity index (χ4n) is 1.29. The zero-order valence-electron chi connectivity index (χ0n) is 9.40. The van der Waals surface area contributed by atoms with Crippen LogP contribution in [0.4, 0.5) is 9.93 Å². The van der Waals surface area contributed by atoms with Crippen LogP contribution in [0.1, 0.15) is 5.69 Å². The van der Waals surface area contributed by atoms with E-state index in [0.717, 1.165) is 11.5 Å². The summed E-state index contributed by atoms with van der Waals surface area (Å²) < 4.78 is 3.46. The first-order valence-electron chi connectivity index (χ1n) is 5.08. The van der Waals surface area contributed by atoms with Gasteiger partial charge in [-0.1, -0.05) is 9.59 Å². The minimum atomic E-state index is -1.15. The fraction of sp³-hybridized carbons (Fsp3) is 0.250. The first-order valence-corrected chi connectivity index (χ1v) is 5.85. The maximum Gasteiger partial charge on any atom is 0.326 e. The highest BCUT2D eigenvalue weighted by Crippen LogP contribution is 2.05. The summed E-state index contributed by atoms with van der Waals surface area (Å²) in [5.41, 5.74) is 0.602. The van der Waals surface area contributed by atoms with Crippen LogP contribution in [0.3, 0.4) is 0 Å². The fourth-order valence-corrected chi connectivity index (χ4v) is 1.65. The Morgan fingerprint density at radius 3 is 2.95 bits per heavy atom. The Hall–Kier alpha value is -2.56. The van der Waals surface area contributed by atoms with E-state index in [2.05, 4.69) is 35.4 Å². The van der Waals surface area contributed by atoms with Gasteiger partial charge in [0.15, 0.2) is 0 Å². The molecule has 0 aliphatic carbocycles. The van der Waals surface area contributed by atoms with Gasteiger partial charge in [-0.3, -0.25) is 5.32 Å². The van der Waals surface area contributed by atoms with E-state index in [0.29, 0.717) is 5.69 Å². The molecule has 11 heteroatoms. The number of hydrogen-bond acceptors (Lipinski definition) is 7. The van der Waals surface area contributed by atoms with Crippen molar-refractivity contribution < 1.29 is 14.7 Å². The van der Waals surface area contributed by atoms with Crippen molar-refractivity contribution in [3.05, 3.63) is 18.2 Å². The van der Waals surface area contributed by atoms with Gasteiger partial charge in [0.25, 0.3) is 0 Å². The van der Waals surface area contributed by atoms with Crippen molar-refractivity contribution in [1.82, 2.24) is 30.1 Å². The summed E-state index contributed by atoms with van der Waals surface area (Å²) in [6, 6.07) is -1.77. The zero-order chi connectivity index (χ0) is 13.7. The largest absolute Gasteiger partial charge is 0.480 e. The molecule has 10 nitrogen and oxygen atoms in total. The number of nitrogens with one attached hydrogen (secondary N) is 3. The number of hydrogen-bond donors (Lipinski definition) is 4. The van der Waals surface area contributed by atoms with Crippen LogP contribution in [-0.2, 0) is 11.2 Å². The third kappa shape index (κ3) is 3.70. The minimum Gasteiger partial charge on any atom is -0.480 e. The van der Waals surface area contributed by atoms with Crippen molar-refractivity contribution in [2.24, 2.45) is 0 Å². The number of aliphatic carboxylic acids is 1. The first-order chi connectivity index (χ1) is 9.15. The predicted molar refractivity (Wildman–Crippen MR) is 63.6 cm³/mol. The number of imidazole rings is 1. The number of carbonyl (C=O) groups is 2.